The molecule has 0 radical (unpaired) electrons. The monoisotopic (exact) mass is 790 g/mol. The molecule has 0 unspecified atom stereocenters. The highest BCUT2D eigenvalue weighted by Crippen LogP contribution is 2.46. The molecule has 0 aliphatic rings. The number of hydrogen-bond donors (Lipinski definition) is 0. The van der Waals surface area contributed by atoms with Gasteiger partial charge in [-0.15, -0.1) is 0 Å². The van der Waals surface area contributed by atoms with Gasteiger partial charge in [0, 0.05) is 32.9 Å². The average molecular weight is 791 g/mol. The van der Waals surface area contributed by atoms with Crippen molar-refractivity contribution in [3.8, 4) is 11.4 Å². The van der Waals surface area contributed by atoms with E-state index in [9.17, 15) is 13.2 Å². The number of benzene rings is 11. The number of aryl methyl sites for hydroxylation is 1. The normalized spacial score (nSPS) is 12.6. The number of halogens is 3. The van der Waals surface area contributed by atoms with E-state index in [0.717, 1.165) is 109 Å². The molecule has 2 heterocycles. The minimum absolute atomic E-state index is 0.584. The summed E-state index contributed by atoms with van der Waals surface area (Å²) in [5, 5.41) is 16.1. The van der Waals surface area contributed by atoms with E-state index in [4.69, 9.17) is 0 Å². The Kier molecular flexibility index (Phi) is 6.86. The molecule has 2 aromatic heterocycles. The maximum atomic E-state index is 14.6. The third-order valence-corrected chi connectivity index (χ3v) is 13.1. The number of alkyl halides is 3. The number of fused-ring (bicyclic) bond motifs is 18. The summed E-state index contributed by atoms with van der Waals surface area (Å²) in [6.45, 7) is 2.12. The lowest BCUT2D eigenvalue weighted by molar-refractivity contribution is -0.137. The maximum absolute atomic E-state index is 14.6. The van der Waals surface area contributed by atoms with E-state index in [2.05, 4.69) is 162 Å². The Morgan fingerprint density at radius 2 is 0.721 bits per heavy atom. The highest BCUT2D eigenvalue weighted by Gasteiger charge is 2.31. The third kappa shape index (κ3) is 4.80. The van der Waals surface area contributed by atoms with Gasteiger partial charge >= 0.3 is 6.18 Å². The zero-order valence-corrected chi connectivity index (χ0v) is 32.8. The molecule has 0 saturated heterocycles. The first kappa shape index (κ1) is 34.3. The Hall–Kier alpha value is -7.63. The smallest absolute Gasteiger partial charge is 0.309 e. The number of rotatable bonds is 2. The fourth-order valence-corrected chi connectivity index (χ4v) is 10.4. The second-order valence-electron chi connectivity index (χ2n) is 16.5. The fraction of sp³-hybridized carbons (Fsp3) is 0.0357. The van der Waals surface area contributed by atoms with Crippen molar-refractivity contribution >= 4 is 108 Å². The lowest BCUT2D eigenvalue weighted by Crippen LogP contribution is -2.04. The first-order valence-electron chi connectivity index (χ1n) is 20.6. The SMILES string of the molecule is Cc1ccc2c(c1)c1cc3c(cc1c1ccc(-n4c5ccccc5c5ccccc54)cc21)c1cc(C(F)(F)F)ccc1c1cc2c(cc31)c1ccccc1n2-c1ccccc1. The molecule has 0 saturated carbocycles. The fourth-order valence-electron chi connectivity index (χ4n) is 10.4. The third-order valence-electron chi connectivity index (χ3n) is 13.1. The maximum Gasteiger partial charge on any atom is 0.416 e. The summed E-state index contributed by atoms with van der Waals surface area (Å²) >= 11 is 0. The molecule has 288 valence electrons. The van der Waals surface area contributed by atoms with Crippen molar-refractivity contribution in [2.24, 2.45) is 0 Å². The highest BCUT2D eigenvalue weighted by molar-refractivity contribution is 6.34. The predicted octanol–water partition coefficient (Wildman–Crippen LogP) is 16.1. The van der Waals surface area contributed by atoms with Gasteiger partial charge in [-0.3, -0.25) is 0 Å². The summed E-state index contributed by atoms with van der Waals surface area (Å²) in [5.74, 6) is 0. The van der Waals surface area contributed by atoms with Crippen molar-refractivity contribution in [3.05, 3.63) is 193 Å². The molecule has 0 aliphatic heterocycles. The number of aromatic nitrogens is 2. The predicted molar refractivity (Wildman–Crippen MR) is 250 cm³/mol. The van der Waals surface area contributed by atoms with Crippen LogP contribution in [0.5, 0.6) is 0 Å². The molecule has 13 aromatic rings. The van der Waals surface area contributed by atoms with Crippen LogP contribution in [0, 0.1) is 6.92 Å². The quantitative estimate of drug-likeness (QED) is 0.122. The minimum atomic E-state index is -4.50. The summed E-state index contributed by atoms with van der Waals surface area (Å²) in [6, 6.07) is 62.2. The van der Waals surface area contributed by atoms with Gasteiger partial charge in [-0.05, 0) is 150 Å². The van der Waals surface area contributed by atoms with Crippen molar-refractivity contribution in [1.29, 1.82) is 0 Å². The molecule has 5 heteroatoms. The van der Waals surface area contributed by atoms with Crippen LogP contribution < -0.4 is 0 Å². The van der Waals surface area contributed by atoms with Gasteiger partial charge in [0.1, 0.15) is 0 Å². The zero-order chi connectivity index (χ0) is 40.7. The van der Waals surface area contributed by atoms with E-state index in [1.54, 1.807) is 6.07 Å². The van der Waals surface area contributed by atoms with Crippen LogP contribution in [0.2, 0.25) is 0 Å². The van der Waals surface area contributed by atoms with Gasteiger partial charge in [-0.1, -0.05) is 109 Å². The van der Waals surface area contributed by atoms with Gasteiger partial charge in [0.25, 0.3) is 0 Å². The lowest BCUT2D eigenvalue weighted by Gasteiger charge is -2.18. The van der Waals surface area contributed by atoms with Gasteiger partial charge < -0.3 is 9.13 Å². The van der Waals surface area contributed by atoms with E-state index >= 15 is 0 Å². The molecule has 0 N–H and O–H groups in total. The molecule has 0 aliphatic carbocycles. The van der Waals surface area contributed by atoms with Crippen LogP contribution in [-0.4, -0.2) is 9.13 Å². The standard InChI is InChI=1S/C56H33F3N2/c1-32-19-22-36-42(25-32)46-29-48-47(28-45(46)38-24-21-35(27-44(36)38)61-52-16-8-5-13-39(52)40-14-6-9-17-53(40)61)43-26-33(56(57,58)59)20-23-37(43)50-31-55-51(30-49(48)50)41-15-7-10-18-54(41)60(55)34-11-3-2-4-12-34/h2-31H,1H3. The largest absolute Gasteiger partial charge is 0.416 e. The molecule has 2 nitrogen and oxygen atoms in total. The lowest BCUT2D eigenvalue weighted by atomic mass is 9.87. The van der Waals surface area contributed by atoms with Gasteiger partial charge in [0.05, 0.1) is 27.6 Å². The van der Waals surface area contributed by atoms with Crippen LogP contribution in [0.1, 0.15) is 11.1 Å². The molecule has 13 rings (SSSR count). The Labute approximate surface area is 346 Å². The molecule has 0 atom stereocenters. The van der Waals surface area contributed by atoms with Gasteiger partial charge in [-0.2, -0.15) is 13.2 Å². The van der Waals surface area contributed by atoms with E-state index in [0.29, 0.717) is 5.39 Å². The Morgan fingerprint density at radius 1 is 0.295 bits per heavy atom. The molecular formula is C56H33F3N2. The first-order chi connectivity index (χ1) is 29.8. The van der Waals surface area contributed by atoms with Crippen LogP contribution in [-0.2, 0) is 6.18 Å². The second kappa shape index (κ2) is 12.2. The number of hydrogen-bond acceptors (Lipinski definition) is 0. The Balaban J connectivity index is 1.19. The molecule has 0 amide bonds. The van der Waals surface area contributed by atoms with Crippen molar-refractivity contribution in [1.82, 2.24) is 9.13 Å². The molecule has 0 spiro atoms. The van der Waals surface area contributed by atoms with Gasteiger partial charge in [0.15, 0.2) is 0 Å². The summed E-state index contributed by atoms with van der Waals surface area (Å²) < 4.78 is 48.4. The highest BCUT2D eigenvalue weighted by atomic mass is 19.4. The van der Waals surface area contributed by atoms with Crippen LogP contribution in [0.25, 0.3) is 120 Å². The summed E-state index contributed by atoms with van der Waals surface area (Å²) in [5.41, 5.74) is 6.91. The van der Waals surface area contributed by atoms with Crippen LogP contribution in [0.15, 0.2) is 182 Å². The van der Waals surface area contributed by atoms with Crippen LogP contribution >= 0.6 is 0 Å². The van der Waals surface area contributed by atoms with Crippen molar-refractivity contribution in [2.75, 3.05) is 0 Å². The number of nitrogens with zero attached hydrogens (tertiary/aromatic N) is 2. The zero-order valence-electron chi connectivity index (χ0n) is 32.8. The van der Waals surface area contributed by atoms with Crippen molar-refractivity contribution in [3.63, 3.8) is 0 Å². The molecule has 11 aromatic carbocycles. The van der Waals surface area contributed by atoms with Gasteiger partial charge in [-0.25, -0.2) is 0 Å². The van der Waals surface area contributed by atoms with Crippen molar-refractivity contribution < 1.29 is 13.2 Å². The summed E-state index contributed by atoms with van der Waals surface area (Å²) in [6.07, 6.45) is -4.50. The average Bonchev–Trinajstić information content (AvgIpc) is 3.80. The molecule has 0 bridgehead atoms. The summed E-state index contributed by atoms with van der Waals surface area (Å²) in [4.78, 5) is 0. The first-order valence-corrected chi connectivity index (χ1v) is 20.6. The topological polar surface area (TPSA) is 9.86 Å². The van der Waals surface area contributed by atoms with Gasteiger partial charge in [0.2, 0.25) is 0 Å². The Morgan fingerprint density at radius 3 is 1.33 bits per heavy atom. The van der Waals surface area contributed by atoms with E-state index in [-0.39, 0.29) is 0 Å². The van der Waals surface area contributed by atoms with E-state index in [1.807, 2.05) is 18.2 Å². The molecule has 61 heavy (non-hydrogen) atoms. The molecular weight excluding hydrogens is 758 g/mol. The second-order valence-corrected chi connectivity index (χ2v) is 16.5. The number of para-hydroxylation sites is 4. The summed E-state index contributed by atoms with van der Waals surface area (Å²) in [7, 11) is 0. The molecule has 0 fully saturated rings. The van der Waals surface area contributed by atoms with Crippen LogP contribution in [0.3, 0.4) is 0 Å². The van der Waals surface area contributed by atoms with Crippen molar-refractivity contribution in [2.45, 2.75) is 13.1 Å². The Bertz CT molecular complexity index is 3990. The van der Waals surface area contributed by atoms with Crippen LogP contribution in [0.4, 0.5) is 13.2 Å². The van der Waals surface area contributed by atoms with E-state index < -0.39 is 11.7 Å². The minimum Gasteiger partial charge on any atom is -0.309 e. The van der Waals surface area contributed by atoms with E-state index in [1.165, 1.54) is 22.9 Å².